The Morgan fingerprint density at radius 2 is 1.68 bits per heavy atom. The van der Waals surface area contributed by atoms with Gasteiger partial charge < -0.3 is 14.2 Å². The molecule has 2 aromatic carbocycles. The van der Waals surface area contributed by atoms with Gasteiger partial charge in [-0.3, -0.25) is 9.52 Å². The lowest BCUT2D eigenvalue weighted by Crippen LogP contribution is -2.16. The molecular weight excluding hydrogens is 406 g/mol. The van der Waals surface area contributed by atoms with E-state index in [0.717, 1.165) is 0 Å². The Kier molecular flexibility index (Phi) is 7.53. The molecule has 2 rings (SSSR count). The number of anilines is 1. The maximum absolute atomic E-state index is 13.0. The van der Waals surface area contributed by atoms with E-state index in [1.807, 2.05) is 0 Å². The predicted octanol–water partition coefficient (Wildman–Crippen LogP) is 3.65. The molecule has 0 radical (unpaired) electrons. The first-order valence-corrected chi connectivity index (χ1v) is 10.4. The molecule has 0 saturated heterocycles. The summed E-state index contributed by atoms with van der Waals surface area (Å²) in [4.78, 5) is 11.7. The van der Waals surface area contributed by atoms with Crippen molar-refractivity contribution >= 4 is 33.3 Å². The van der Waals surface area contributed by atoms with Crippen LogP contribution in [0, 0.1) is 0 Å². The fourth-order valence-electron chi connectivity index (χ4n) is 2.55. The normalized spacial score (nSPS) is 11.0. The minimum atomic E-state index is -3.96. The van der Waals surface area contributed by atoms with Gasteiger partial charge in [-0.25, -0.2) is 8.42 Å². The van der Waals surface area contributed by atoms with Gasteiger partial charge in [-0.05, 0) is 49.2 Å². The van der Waals surface area contributed by atoms with E-state index >= 15 is 0 Å². The summed E-state index contributed by atoms with van der Waals surface area (Å²) >= 11 is 5.84. The molecule has 0 aliphatic heterocycles. The van der Waals surface area contributed by atoms with E-state index < -0.39 is 16.0 Å². The maximum atomic E-state index is 13.0. The average Bonchev–Trinajstić information content (AvgIpc) is 2.67. The second-order valence-corrected chi connectivity index (χ2v) is 7.82. The molecule has 0 spiro atoms. The highest BCUT2D eigenvalue weighted by atomic mass is 35.5. The number of halogens is 1. The number of hydrogen-bond donors (Lipinski definition) is 1. The van der Waals surface area contributed by atoms with Crippen molar-refractivity contribution in [3.63, 3.8) is 0 Å². The van der Waals surface area contributed by atoms with Gasteiger partial charge in [0.25, 0.3) is 10.0 Å². The van der Waals surface area contributed by atoms with E-state index in [1.165, 1.54) is 20.3 Å². The van der Waals surface area contributed by atoms with Crippen molar-refractivity contribution in [2.75, 3.05) is 25.5 Å². The molecule has 2 aromatic rings. The summed E-state index contributed by atoms with van der Waals surface area (Å²) in [7, 11) is -1.09. The Morgan fingerprint density at radius 1 is 1.07 bits per heavy atom. The van der Waals surface area contributed by atoms with Gasteiger partial charge in [0.05, 0.1) is 25.7 Å². The van der Waals surface area contributed by atoms with Crippen molar-refractivity contribution in [2.45, 2.75) is 24.7 Å². The average molecular weight is 428 g/mol. The van der Waals surface area contributed by atoms with Crippen LogP contribution in [0.5, 0.6) is 11.5 Å². The summed E-state index contributed by atoms with van der Waals surface area (Å²) < 4.78 is 43.9. The molecule has 152 valence electrons. The SMILES string of the molecule is CCOC(=O)CCc1cc(OC)c(OC)cc1S(=O)(=O)Nc1ccc(Cl)cc1. The van der Waals surface area contributed by atoms with Gasteiger partial charge in [0.15, 0.2) is 11.5 Å². The molecule has 0 aliphatic carbocycles. The second kappa shape index (κ2) is 9.66. The third kappa shape index (κ3) is 5.53. The van der Waals surface area contributed by atoms with Crippen molar-refractivity contribution in [1.82, 2.24) is 0 Å². The van der Waals surface area contributed by atoms with E-state index in [9.17, 15) is 13.2 Å². The number of nitrogens with one attached hydrogen (secondary N) is 1. The summed E-state index contributed by atoms with van der Waals surface area (Å²) in [6.07, 6.45) is 0.197. The van der Waals surface area contributed by atoms with Crippen LogP contribution in [-0.4, -0.2) is 35.2 Å². The van der Waals surface area contributed by atoms with Gasteiger partial charge in [0.1, 0.15) is 0 Å². The lowest BCUT2D eigenvalue weighted by Gasteiger charge is -2.16. The first kappa shape index (κ1) is 21.8. The number of ether oxygens (including phenoxy) is 3. The van der Waals surface area contributed by atoms with Gasteiger partial charge in [0.2, 0.25) is 0 Å². The number of aryl methyl sites for hydroxylation is 1. The van der Waals surface area contributed by atoms with Crippen LogP contribution in [0.25, 0.3) is 0 Å². The van der Waals surface area contributed by atoms with E-state index in [4.69, 9.17) is 25.8 Å². The molecule has 9 heteroatoms. The van der Waals surface area contributed by atoms with Crippen LogP contribution in [-0.2, 0) is 26.0 Å². The van der Waals surface area contributed by atoms with Gasteiger partial charge in [0, 0.05) is 23.2 Å². The van der Waals surface area contributed by atoms with Gasteiger partial charge >= 0.3 is 5.97 Å². The number of sulfonamides is 1. The fourth-order valence-corrected chi connectivity index (χ4v) is 4.00. The van der Waals surface area contributed by atoms with Crippen molar-refractivity contribution in [3.8, 4) is 11.5 Å². The third-order valence-corrected chi connectivity index (χ3v) is 5.57. The molecule has 0 bridgehead atoms. The van der Waals surface area contributed by atoms with E-state index in [-0.39, 0.29) is 30.1 Å². The van der Waals surface area contributed by atoms with Crippen LogP contribution in [0.4, 0.5) is 5.69 Å². The van der Waals surface area contributed by atoms with Crippen molar-refractivity contribution in [3.05, 3.63) is 47.0 Å². The summed E-state index contributed by atoms with van der Waals surface area (Å²) in [5, 5.41) is 0.490. The monoisotopic (exact) mass is 427 g/mol. The first-order chi connectivity index (χ1) is 13.3. The van der Waals surface area contributed by atoms with E-state index in [1.54, 1.807) is 37.3 Å². The number of methoxy groups -OCH3 is 2. The zero-order valence-electron chi connectivity index (χ0n) is 15.8. The molecule has 0 fully saturated rings. The Morgan fingerprint density at radius 3 is 2.25 bits per heavy atom. The number of carbonyl (C=O) groups is 1. The number of carbonyl (C=O) groups excluding carboxylic acids is 1. The first-order valence-electron chi connectivity index (χ1n) is 8.49. The van der Waals surface area contributed by atoms with Crippen LogP contribution in [0.3, 0.4) is 0 Å². The molecule has 0 unspecified atom stereocenters. The van der Waals surface area contributed by atoms with Crippen LogP contribution in [0.1, 0.15) is 18.9 Å². The predicted molar refractivity (Wildman–Crippen MR) is 107 cm³/mol. The molecule has 0 heterocycles. The second-order valence-electron chi connectivity index (χ2n) is 5.73. The molecule has 0 saturated carbocycles. The highest BCUT2D eigenvalue weighted by molar-refractivity contribution is 7.92. The smallest absolute Gasteiger partial charge is 0.306 e. The Bertz CT molecular complexity index is 928. The molecule has 7 nitrogen and oxygen atoms in total. The quantitative estimate of drug-likeness (QED) is 0.614. The van der Waals surface area contributed by atoms with Crippen molar-refractivity contribution in [2.24, 2.45) is 0 Å². The maximum Gasteiger partial charge on any atom is 0.306 e. The zero-order chi connectivity index (χ0) is 20.7. The van der Waals surface area contributed by atoms with Gasteiger partial charge in [-0.1, -0.05) is 11.6 Å². The summed E-state index contributed by atoms with van der Waals surface area (Å²) in [5.41, 5.74) is 0.766. The molecule has 28 heavy (non-hydrogen) atoms. The van der Waals surface area contributed by atoms with Crippen LogP contribution < -0.4 is 14.2 Å². The fraction of sp³-hybridized carbons (Fsp3) is 0.316. The highest BCUT2D eigenvalue weighted by Crippen LogP contribution is 2.34. The Balaban J connectivity index is 2.43. The molecule has 0 aliphatic rings. The Hall–Kier alpha value is -2.45. The lowest BCUT2D eigenvalue weighted by atomic mass is 10.1. The zero-order valence-corrected chi connectivity index (χ0v) is 17.4. The third-order valence-electron chi connectivity index (χ3n) is 3.86. The summed E-state index contributed by atoms with van der Waals surface area (Å²) in [6.45, 7) is 1.97. The van der Waals surface area contributed by atoms with Crippen molar-refractivity contribution < 1.29 is 27.4 Å². The number of esters is 1. The highest BCUT2D eigenvalue weighted by Gasteiger charge is 2.23. The largest absolute Gasteiger partial charge is 0.493 e. The molecular formula is C19H22ClNO6S. The Labute approximate surface area is 169 Å². The molecule has 0 atom stereocenters. The summed E-state index contributed by atoms with van der Waals surface area (Å²) in [5.74, 6) is 0.219. The van der Waals surface area contributed by atoms with Gasteiger partial charge in [-0.15, -0.1) is 0 Å². The minimum Gasteiger partial charge on any atom is -0.493 e. The van der Waals surface area contributed by atoms with E-state index in [0.29, 0.717) is 22.0 Å². The van der Waals surface area contributed by atoms with Crippen LogP contribution in [0.2, 0.25) is 5.02 Å². The minimum absolute atomic E-state index is 0.00982. The van der Waals surface area contributed by atoms with Crippen LogP contribution >= 0.6 is 11.6 Å². The molecule has 0 amide bonds. The lowest BCUT2D eigenvalue weighted by molar-refractivity contribution is -0.143. The molecule has 1 N–H and O–H groups in total. The standard InChI is InChI=1S/C19H22ClNO6S/c1-4-27-19(22)10-5-13-11-16(25-2)17(26-3)12-18(13)28(23,24)21-15-8-6-14(20)7-9-15/h6-9,11-12,21H,4-5,10H2,1-3H3. The number of rotatable bonds is 9. The van der Waals surface area contributed by atoms with Crippen LogP contribution in [0.15, 0.2) is 41.3 Å². The van der Waals surface area contributed by atoms with Crippen molar-refractivity contribution in [1.29, 1.82) is 0 Å². The number of benzene rings is 2. The molecule has 0 aromatic heterocycles. The van der Waals surface area contributed by atoms with Gasteiger partial charge in [-0.2, -0.15) is 0 Å². The topological polar surface area (TPSA) is 90.9 Å². The summed E-state index contributed by atoms with van der Waals surface area (Å²) in [6, 6.07) is 9.19. The van der Waals surface area contributed by atoms with E-state index in [2.05, 4.69) is 4.72 Å². The number of hydrogen-bond acceptors (Lipinski definition) is 6.